The number of benzene rings is 6. The van der Waals surface area contributed by atoms with Gasteiger partial charge in [-0.3, -0.25) is 4.79 Å². The smallest absolute Gasteiger partial charge is 0.193 e. The van der Waals surface area contributed by atoms with Gasteiger partial charge in [0.15, 0.2) is 5.78 Å². The molecule has 6 aromatic rings. The molecule has 0 bridgehead atoms. The van der Waals surface area contributed by atoms with E-state index in [0.717, 1.165) is 43.1 Å². The molecule has 6 aromatic carbocycles. The fraction of sp³-hybridized carbons (Fsp3) is 0.121. The highest BCUT2D eigenvalue weighted by molar-refractivity contribution is 6.19. The summed E-state index contributed by atoms with van der Waals surface area (Å²) in [5.41, 5.74) is 2.23. The molecule has 6 rings (SSSR count). The SMILES string of the molecule is O=C(c1cc2c(ccc3ccccc32)c(CO)c1CO)c1cc2c(ccc3ccccc32)c(CO)c1CO. The Kier molecular flexibility index (Phi) is 6.14. The summed E-state index contributed by atoms with van der Waals surface area (Å²) in [5, 5.41) is 48.5. The van der Waals surface area contributed by atoms with E-state index in [1.807, 2.05) is 72.8 Å². The standard InChI is InChI=1S/C33H26O5/c34-15-29-23-11-9-19-5-1-3-7-21(19)25(23)13-27(31(29)17-36)33(38)28-14-26-22-8-4-2-6-20(22)10-12-24(26)30(16-35)32(28)18-37/h1-14,34-37H,15-18H2. The van der Waals surface area contributed by atoms with E-state index in [-0.39, 0.29) is 30.1 Å². The van der Waals surface area contributed by atoms with E-state index in [0.29, 0.717) is 22.3 Å². The summed E-state index contributed by atoms with van der Waals surface area (Å²) in [6, 6.07) is 26.9. The van der Waals surface area contributed by atoms with Gasteiger partial charge in [0.2, 0.25) is 0 Å². The predicted molar refractivity (Wildman–Crippen MR) is 150 cm³/mol. The van der Waals surface area contributed by atoms with Crippen LogP contribution in [0, 0.1) is 0 Å². The molecule has 38 heavy (non-hydrogen) atoms. The Bertz CT molecular complexity index is 1750. The predicted octanol–water partition coefficient (Wildman–Crippen LogP) is 5.50. The summed E-state index contributed by atoms with van der Waals surface area (Å²) in [6.45, 7) is -1.55. The van der Waals surface area contributed by atoms with E-state index >= 15 is 0 Å². The summed E-state index contributed by atoms with van der Waals surface area (Å²) >= 11 is 0. The summed E-state index contributed by atoms with van der Waals surface area (Å²) < 4.78 is 0. The van der Waals surface area contributed by atoms with Gasteiger partial charge in [0, 0.05) is 11.1 Å². The van der Waals surface area contributed by atoms with Crippen LogP contribution in [-0.4, -0.2) is 26.2 Å². The second-order valence-corrected chi connectivity index (χ2v) is 9.49. The van der Waals surface area contributed by atoms with E-state index < -0.39 is 13.2 Å². The van der Waals surface area contributed by atoms with E-state index in [4.69, 9.17) is 0 Å². The molecule has 0 aromatic heterocycles. The fourth-order valence-electron chi connectivity index (χ4n) is 5.81. The first kappa shape index (κ1) is 24.2. The highest BCUT2D eigenvalue weighted by atomic mass is 16.3. The van der Waals surface area contributed by atoms with E-state index in [1.54, 1.807) is 12.1 Å². The van der Waals surface area contributed by atoms with Crippen molar-refractivity contribution in [2.24, 2.45) is 0 Å². The number of aliphatic hydroxyl groups excluding tert-OH is 4. The summed E-state index contributed by atoms with van der Waals surface area (Å²) in [4.78, 5) is 14.3. The average molecular weight is 503 g/mol. The van der Waals surface area contributed by atoms with Gasteiger partial charge in [0.25, 0.3) is 0 Å². The second-order valence-electron chi connectivity index (χ2n) is 9.49. The minimum atomic E-state index is -0.433. The average Bonchev–Trinajstić information content (AvgIpc) is 2.98. The van der Waals surface area contributed by atoms with Crippen LogP contribution in [0.3, 0.4) is 0 Å². The molecule has 5 heteroatoms. The van der Waals surface area contributed by atoms with Crippen LogP contribution in [0.25, 0.3) is 43.1 Å². The summed E-state index contributed by atoms with van der Waals surface area (Å²) in [5.74, 6) is -0.382. The molecule has 0 unspecified atom stereocenters. The molecule has 188 valence electrons. The molecule has 0 aliphatic carbocycles. The van der Waals surface area contributed by atoms with Gasteiger partial charge in [-0.2, -0.15) is 0 Å². The van der Waals surface area contributed by atoms with Crippen LogP contribution in [0.4, 0.5) is 0 Å². The normalized spacial score (nSPS) is 11.7. The number of aliphatic hydroxyl groups is 4. The summed E-state index contributed by atoms with van der Waals surface area (Å²) in [6.07, 6.45) is 0. The number of hydrogen-bond acceptors (Lipinski definition) is 5. The Hall–Kier alpha value is -4.13. The quantitative estimate of drug-likeness (QED) is 0.178. The van der Waals surface area contributed by atoms with Gasteiger partial charge in [-0.15, -0.1) is 0 Å². The van der Waals surface area contributed by atoms with E-state index in [9.17, 15) is 25.2 Å². The van der Waals surface area contributed by atoms with Crippen LogP contribution in [-0.2, 0) is 26.4 Å². The van der Waals surface area contributed by atoms with Crippen molar-refractivity contribution in [1.82, 2.24) is 0 Å². The van der Waals surface area contributed by atoms with Crippen molar-refractivity contribution in [1.29, 1.82) is 0 Å². The largest absolute Gasteiger partial charge is 0.392 e. The highest BCUT2D eigenvalue weighted by Crippen LogP contribution is 2.36. The van der Waals surface area contributed by atoms with Gasteiger partial charge in [0.1, 0.15) is 0 Å². The molecule has 4 N–H and O–H groups in total. The molecule has 0 fully saturated rings. The fourth-order valence-corrected chi connectivity index (χ4v) is 5.81. The Morgan fingerprint density at radius 1 is 0.447 bits per heavy atom. The zero-order chi connectivity index (χ0) is 26.4. The molecular formula is C33H26O5. The molecule has 0 atom stereocenters. The highest BCUT2D eigenvalue weighted by Gasteiger charge is 2.24. The maximum Gasteiger partial charge on any atom is 0.193 e. The topological polar surface area (TPSA) is 98.0 Å². The van der Waals surface area contributed by atoms with Gasteiger partial charge >= 0.3 is 0 Å². The summed E-state index contributed by atoms with van der Waals surface area (Å²) in [7, 11) is 0. The van der Waals surface area contributed by atoms with Gasteiger partial charge in [-0.25, -0.2) is 0 Å². The molecule has 0 spiro atoms. The minimum Gasteiger partial charge on any atom is -0.392 e. The van der Waals surface area contributed by atoms with Gasteiger partial charge in [0.05, 0.1) is 26.4 Å². The minimum absolute atomic E-state index is 0.263. The van der Waals surface area contributed by atoms with Gasteiger partial charge < -0.3 is 20.4 Å². The van der Waals surface area contributed by atoms with Crippen molar-refractivity contribution in [3.63, 3.8) is 0 Å². The van der Waals surface area contributed by atoms with E-state index in [2.05, 4.69) is 0 Å². The molecule has 0 heterocycles. The lowest BCUT2D eigenvalue weighted by atomic mass is 9.85. The van der Waals surface area contributed by atoms with Crippen molar-refractivity contribution in [2.75, 3.05) is 0 Å². The number of fused-ring (bicyclic) bond motifs is 6. The first-order valence-corrected chi connectivity index (χ1v) is 12.5. The molecule has 0 aliphatic rings. The molecule has 0 aliphatic heterocycles. The first-order valence-electron chi connectivity index (χ1n) is 12.5. The Balaban J connectivity index is 1.70. The number of rotatable bonds is 6. The maximum atomic E-state index is 14.3. The number of hydrogen-bond donors (Lipinski definition) is 4. The lowest BCUT2D eigenvalue weighted by Crippen LogP contribution is -2.13. The second kappa shape index (κ2) is 9.63. The van der Waals surface area contributed by atoms with Crippen LogP contribution in [0.5, 0.6) is 0 Å². The lowest BCUT2D eigenvalue weighted by molar-refractivity contribution is 0.103. The molecule has 0 amide bonds. The van der Waals surface area contributed by atoms with Crippen molar-refractivity contribution >= 4 is 48.9 Å². The molecule has 0 saturated heterocycles. The number of carbonyl (C=O) groups is 1. The molecule has 5 nitrogen and oxygen atoms in total. The zero-order valence-corrected chi connectivity index (χ0v) is 20.6. The van der Waals surface area contributed by atoms with Crippen molar-refractivity contribution in [2.45, 2.75) is 26.4 Å². The Labute approximate surface area is 218 Å². The van der Waals surface area contributed by atoms with Crippen molar-refractivity contribution in [3.8, 4) is 0 Å². The van der Waals surface area contributed by atoms with Crippen LogP contribution < -0.4 is 0 Å². The third-order valence-corrected chi connectivity index (χ3v) is 7.67. The number of carbonyl (C=O) groups excluding carboxylic acids is 1. The monoisotopic (exact) mass is 502 g/mol. The van der Waals surface area contributed by atoms with Crippen LogP contribution >= 0.6 is 0 Å². The van der Waals surface area contributed by atoms with Crippen molar-refractivity contribution in [3.05, 3.63) is 118 Å². The zero-order valence-electron chi connectivity index (χ0n) is 20.6. The first-order chi connectivity index (χ1) is 18.6. The third kappa shape index (κ3) is 3.60. The molecule has 0 saturated carbocycles. The third-order valence-electron chi connectivity index (χ3n) is 7.67. The van der Waals surface area contributed by atoms with Gasteiger partial charge in [-0.05, 0) is 77.5 Å². The Morgan fingerprint density at radius 3 is 1.24 bits per heavy atom. The van der Waals surface area contributed by atoms with Crippen LogP contribution in [0.1, 0.15) is 38.2 Å². The van der Waals surface area contributed by atoms with Crippen molar-refractivity contribution < 1.29 is 25.2 Å². The molecule has 0 radical (unpaired) electrons. The van der Waals surface area contributed by atoms with E-state index in [1.165, 1.54) is 0 Å². The Morgan fingerprint density at radius 2 is 0.842 bits per heavy atom. The van der Waals surface area contributed by atoms with Gasteiger partial charge in [-0.1, -0.05) is 72.8 Å². The molecular weight excluding hydrogens is 476 g/mol. The van der Waals surface area contributed by atoms with Crippen LogP contribution in [0.2, 0.25) is 0 Å². The van der Waals surface area contributed by atoms with Crippen LogP contribution in [0.15, 0.2) is 84.9 Å². The maximum absolute atomic E-state index is 14.3. The number of ketones is 1. The lowest BCUT2D eigenvalue weighted by Gasteiger charge is -2.19.